The molecule has 29 heavy (non-hydrogen) atoms. The molecule has 1 N–H and O–H groups in total. The van der Waals surface area contributed by atoms with Crippen molar-refractivity contribution in [2.45, 2.75) is 52.9 Å². The van der Waals surface area contributed by atoms with Gasteiger partial charge in [-0.25, -0.2) is 9.97 Å². The van der Waals surface area contributed by atoms with Crippen LogP contribution in [0.1, 0.15) is 62.3 Å². The number of carbonyl (C=O) groups is 1. The molecule has 0 saturated carbocycles. The molecule has 0 spiro atoms. The fourth-order valence-corrected chi connectivity index (χ4v) is 3.81. The summed E-state index contributed by atoms with van der Waals surface area (Å²) in [6, 6.07) is 9.91. The minimum atomic E-state index is -0.199. The Morgan fingerprint density at radius 2 is 1.69 bits per heavy atom. The van der Waals surface area contributed by atoms with Gasteiger partial charge in [-0.2, -0.15) is 0 Å². The lowest BCUT2D eigenvalue weighted by molar-refractivity contribution is 0.102. The number of hydrogen-bond donors (Lipinski definition) is 1. The molecule has 6 nitrogen and oxygen atoms in total. The van der Waals surface area contributed by atoms with Gasteiger partial charge >= 0.3 is 0 Å². The fourth-order valence-electron chi connectivity index (χ4n) is 3.81. The van der Waals surface area contributed by atoms with Gasteiger partial charge in [0.2, 0.25) is 0 Å². The first-order chi connectivity index (χ1) is 14.1. The van der Waals surface area contributed by atoms with Crippen LogP contribution in [0.4, 0.5) is 17.2 Å². The van der Waals surface area contributed by atoms with E-state index in [0.29, 0.717) is 11.5 Å². The summed E-state index contributed by atoms with van der Waals surface area (Å²) in [4.78, 5) is 26.4. The van der Waals surface area contributed by atoms with Gasteiger partial charge in [-0.15, -0.1) is 0 Å². The van der Waals surface area contributed by atoms with Crippen LogP contribution in [0.2, 0.25) is 0 Å². The van der Waals surface area contributed by atoms with Crippen LogP contribution in [0, 0.1) is 6.92 Å². The monoisotopic (exact) mass is 395 g/mol. The summed E-state index contributed by atoms with van der Waals surface area (Å²) in [5, 5.41) is 2.98. The largest absolute Gasteiger partial charge is 0.372 e. The number of amides is 1. The van der Waals surface area contributed by atoms with Crippen molar-refractivity contribution in [3.8, 4) is 0 Å². The maximum atomic E-state index is 12.8. The van der Waals surface area contributed by atoms with Crippen molar-refractivity contribution in [3.05, 3.63) is 41.9 Å². The lowest BCUT2D eigenvalue weighted by Gasteiger charge is -2.28. The molecule has 3 rings (SSSR count). The van der Waals surface area contributed by atoms with Gasteiger partial charge in [-0.1, -0.05) is 13.8 Å². The Hall–Kier alpha value is -2.63. The summed E-state index contributed by atoms with van der Waals surface area (Å²) in [6.45, 7) is 10.2. The van der Waals surface area contributed by atoms with Crippen molar-refractivity contribution >= 4 is 23.1 Å². The first-order valence-corrected chi connectivity index (χ1v) is 10.9. The Labute approximate surface area is 174 Å². The van der Waals surface area contributed by atoms with Gasteiger partial charge in [0.05, 0.1) is 0 Å². The van der Waals surface area contributed by atoms with Crippen molar-refractivity contribution in [1.82, 2.24) is 9.97 Å². The zero-order chi connectivity index (χ0) is 20.6. The molecule has 1 aliphatic rings. The second-order valence-electron chi connectivity index (χ2n) is 7.69. The maximum Gasteiger partial charge on any atom is 0.274 e. The fraction of sp³-hybridized carbons (Fsp3) is 0.522. The van der Waals surface area contributed by atoms with E-state index in [2.05, 4.69) is 51.1 Å². The van der Waals surface area contributed by atoms with E-state index in [9.17, 15) is 4.79 Å². The summed E-state index contributed by atoms with van der Waals surface area (Å²) >= 11 is 0. The van der Waals surface area contributed by atoms with E-state index < -0.39 is 0 Å². The number of piperidine rings is 1. The number of nitrogens with one attached hydrogen (secondary N) is 1. The van der Waals surface area contributed by atoms with Gasteiger partial charge < -0.3 is 15.1 Å². The summed E-state index contributed by atoms with van der Waals surface area (Å²) in [6.07, 6.45) is 5.89. The summed E-state index contributed by atoms with van der Waals surface area (Å²) in [5.74, 6) is 1.24. The third-order valence-electron chi connectivity index (χ3n) is 5.21. The van der Waals surface area contributed by atoms with Crippen molar-refractivity contribution in [2.75, 3.05) is 41.3 Å². The highest BCUT2D eigenvalue weighted by Gasteiger charge is 2.15. The molecule has 1 saturated heterocycles. The third-order valence-corrected chi connectivity index (χ3v) is 5.21. The minimum Gasteiger partial charge on any atom is -0.372 e. The van der Waals surface area contributed by atoms with E-state index in [4.69, 9.17) is 0 Å². The number of carbonyl (C=O) groups excluding carboxylic acids is 1. The van der Waals surface area contributed by atoms with E-state index in [1.54, 1.807) is 6.07 Å². The van der Waals surface area contributed by atoms with Crippen LogP contribution in [0.15, 0.2) is 30.3 Å². The van der Waals surface area contributed by atoms with Crippen molar-refractivity contribution < 1.29 is 4.79 Å². The zero-order valence-electron chi connectivity index (χ0n) is 17.9. The first kappa shape index (κ1) is 21.1. The average Bonchev–Trinajstić information content (AvgIpc) is 2.74. The van der Waals surface area contributed by atoms with Gasteiger partial charge in [0, 0.05) is 43.6 Å². The van der Waals surface area contributed by atoms with Crippen LogP contribution in [0.3, 0.4) is 0 Å². The Morgan fingerprint density at radius 3 is 2.31 bits per heavy atom. The summed E-state index contributed by atoms with van der Waals surface area (Å²) < 4.78 is 0. The Bertz CT molecular complexity index is 793. The van der Waals surface area contributed by atoms with E-state index >= 15 is 0 Å². The third kappa shape index (κ3) is 5.68. The molecule has 0 bridgehead atoms. The van der Waals surface area contributed by atoms with E-state index in [-0.39, 0.29) is 5.91 Å². The second-order valence-corrected chi connectivity index (χ2v) is 7.69. The van der Waals surface area contributed by atoms with Crippen LogP contribution in [0.25, 0.3) is 0 Å². The van der Waals surface area contributed by atoms with Crippen molar-refractivity contribution in [2.24, 2.45) is 0 Å². The number of anilines is 3. The number of aryl methyl sites for hydroxylation is 1. The van der Waals surface area contributed by atoms with Gasteiger partial charge in [0.1, 0.15) is 17.3 Å². The molecular weight excluding hydrogens is 362 g/mol. The predicted molar refractivity (Wildman–Crippen MR) is 120 cm³/mol. The number of nitrogens with zero attached hydrogens (tertiary/aromatic N) is 4. The molecule has 2 aromatic rings. The number of benzene rings is 1. The van der Waals surface area contributed by atoms with Crippen molar-refractivity contribution in [1.29, 1.82) is 0 Å². The molecule has 1 aliphatic heterocycles. The number of rotatable bonds is 8. The molecule has 0 atom stereocenters. The zero-order valence-corrected chi connectivity index (χ0v) is 17.9. The number of aromatic nitrogens is 2. The first-order valence-electron chi connectivity index (χ1n) is 10.9. The Morgan fingerprint density at radius 1 is 1.03 bits per heavy atom. The summed E-state index contributed by atoms with van der Waals surface area (Å²) in [5.41, 5.74) is 2.41. The van der Waals surface area contributed by atoms with Crippen LogP contribution in [-0.4, -0.2) is 42.1 Å². The molecule has 1 aromatic heterocycles. The van der Waals surface area contributed by atoms with E-state index in [0.717, 1.165) is 50.5 Å². The molecule has 0 unspecified atom stereocenters. The molecule has 1 fully saturated rings. The standard InChI is InChI=1S/C23H33N5O/c1-4-13-28(14-5-2)22-17-21(24-18(3)25-22)23(29)26-19-9-11-20(12-10-19)27-15-7-6-8-16-27/h9-12,17H,4-8,13-16H2,1-3H3,(H,26,29). The van der Waals surface area contributed by atoms with Gasteiger partial charge in [0.15, 0.2) is 0 Å². The molecular formula is C23H33N5O. The highest BCUT2D eigenvalue weighted by molar-refractivity contribution is 6.03. The molecule has 0 aliphatic carbocycles. The molecule has 0 radical (unpaired) electrons. The second kappa shape index (κ2) is 10.2. The Kier molecular flexibility index (Phi) is 7.44. The minimum absolute atomic E-state index is 0.199. The van der Waals surface area contributed by atoms with Crippen LogP contribution < -0.4 is 15.1 Å². The predicted octanol–water partition coefficient (Wildman–Crippen LogP) is 4.65. The molecule has 1 amide bonds. The summed E-state index contributed by atoms with van der Waals surface area (Å²) in [7, 11) is 0. The van der Waals surface area contributed by atoms with Crippen LogP contribution in [-0.2, 0) is 0 Å². The highest BCUT2D eigenvalue weighted by atomic mass is 16.1. The van der Waals surface area contributed by atoms with Crippen LogP contribution >= 0.6 is 0 Å². The van der Waals surface area contributed by atoms with Crippen LogP contribution in [0.5, 0.6) is 0 Å². The lowest BCUT2D eigenvalue weighted by atomic mass is 10.1. The average molecular weight is 396 g/mol. The Balaban J connectivity index is 1.71. The highest BCUT2D eigenvalue weighted by Crippen LogP contribution is 2.22. The molecule has 6 heteroatoms. The maximum absolute atomic E-state index is 12.8. The smallest absolute Gasteiger partial charge is 0.274 e. The number of hydrogen-bond acceptors (Lipinski definition) is 5. The van der Waals surface area contributed by atoms with E-state index in [1.165, 1.54) is 24.9 Å². The van der Waals surface area contributed by atoms with E-state index in [1.807, 2.05) is 19.1 Å². The van der Waals surface area contributed by atoms with Gasteiger partial charge in [-0.05, 0) is 63.3 Å². The lowest BCUT2D eigenvalue weighted by Crippen LogP contribution is -2.29. The van der Waals surface area contributed by atoms with Crippen molar-refractivity contribution in [3.63, 3.8) is 0 Å². The quantitative estimate of drug-likeness (QED) is 0.705. The van der Waals surface area contributed by atoms with Gasteiger partial charge in [-0.3, -0.25) is 4.79 Å². The molecule has 2 heterocycles. The topological polar surface area (TPSA) is 61.4 Å². The normalized spacial score (nSPS) is 14.0. The molecule has 156 valence electrons. The SMILES string of the molecule is CCCN(CCC)c1cc(C(=O)Nc2ccc(N3CCCCC3)cc2)nc(C)n1. The molecule has 1 aromatic carbocycles. The van der Waals surface area contributed by atoms with Gasteiger partial charge in [0.25, 0.3) is 5.91 Å².